The van der Waals surface area contributed by atoms with E-state index in [4.69, 9.17) is 9.84 Å². The number of hydrogen-bond donors (Lipinski definition) is 1. The number of nitrogens with zero attached hydrogens (tertiary/aromatic N) is 1. The third kappa shape index (κ3) is 4.86. The lowest BCUT2D eigenvalue weighted by atomic mass is 10.1. The van der Waals surface area contributed by atoms with Crippen molar-refractivity contribution in [3.63, 3.8) is 0 Å². The van der Waals surface area contributed by atoms with Gasteiger partial charge >= 0.3 is 5.97 Å². The summed E-state index contributed by atoms with van der Waals surface area (Å²) >= 11 is 0. The van der Waals surface area contributed by atoms with Crippen LogP contribution in [0.5, 0.6) is 0 Å². The summed E-state index contributed by atoms with van der Waals surface area (Å²) in [5.41, 5.74) is 2.36. The van der Waals surface area contributed by atoms with Crippen LogP contribution in [-0.2, 0) is 27.3 Å². The van der Waals surface area contributed by atoms with Crippen LogP contribution in [0.3, 0.4) is 0 Å². The number of aliphatic carboxylic acids is 1. The van der Waals surface area contributed by atoms with Crippen molar-refractivity contribution >= 4 is 11.9 Å². The van der Waals surface area contributed by atoms with Crippen LogP contribution < -0.4 is 0 Å². The maximum atomic E-state index is 12.1. The largest absolute Gasteiger partial charge is 0.480 e. The van der Waals surface area contributed by atoms with Crippen LogP contribution in [-0.4, -0.2) is 41.1 Å². The van der Waals surface area contributed by atoms with Gasteiger partial charge in [0.1, 0.15) is 13.2 Å². The van der Waals surface area contributed by atoms with Crippen LogP contribution in [0.2, 0.25) is 0 Å². The van der Waals surface area contributed by atoms with E-state index in [1.165, 1.54) is 5.56 Å². The average molecular weight is 291 g/mol. The molecule has 1 amide bonds. The minimum absolute atomic E-state index is 0.140. The highest BCUT2D eigenvalue weighted by atomic mass is 16.5. The molecule has 1 N–H and O–H groups in total. The summed E-state index contributed by atoms with van der Waals surface area (Å²) in [6.07, 6.45) is 3.02. The smallest absolute Gasteiger partial charge is 0.329 e. The number of carboxylic acids is 1. The molecule has 1 aromatic rings. The molecule has 1 aromatic carbocycles. The molecule has 114 valence electrons. The number of carboxylic acid groups (broad SMARTS) is 1. The Kier molecular flexibility index (Phi) is 5.33. The van der Waals surface area contributed by atoms with Crippen LogP contribution in [0.15, 0.2) is 24.3 Å². The zero-order valence-corrected chi connectivity index (χ0v) is 12.2. The molecule has 0 saturated heterocycles. The lowest BCUT2D eigenvalue weighted by Gasteiger charge is -2.22. The SMILES string of the molecule is CCc1ccc(CN(C(=O)COCC(=O)O)C2CC2)cc1. The van der Waals surface area contributed by atoms with Crippen molar-refractivity contribution in [3.8, 4) is 0 Å². The van der Waals surface area contributed by atoms with Gasteiger partial charge in [-0.05, 0) is 30.4 Å². The van der Waals surface area contributed by atoms with Crippen molar-refractivity contribution in [1.29, 1.82) is 0 Å². The molecule has 1 aliphatic rings. The van der Waals surface area contributed by atoms with E-state index in [1.54, 1.807) is 4.90 Å². The summed E-state index contributed by atoms with van der Waals surface area (Å²) in [4.78, 5) is 24.3. The number of benzene rings is 1. The lowest BCUT2D eigenvalue weighted by molar-refractivity contribution is -0.146. The molecule has 1 aliphatic carbocycles. The standard InChI is InChI=1S/C16H21NO4/c1-2-12-3-5-13(6-4-12)9-17(14-7-8-14)15(18)10-21-11-16(19)20/h3-6,14H,2,7-11H2,1H3,(H,19,20). The number of carbonyl (C=O) groups excluding carboxylic acids is 1. The Labute approximate surface area is 124 Å². The predicted octanol–water partition coefficient (Wildman–Crippen LogP) is 1.84. The summed E-state index contributed by atoms with van der Waals surface area (Å²) in [6, 6.07) is 8.51. The quantitative estimate of drug-likeness (QED) is 0.793. The van der Waals surface area contributed by atoms with Gasteiger partial charge in [-0.15, -0.1) is 0 Å². The Morgan fingerprint density at radius 1 is 1.19 bits per heavy atom. The molecular formula is C16H21NO4. The first-order valence-electron chi connectivity index (χ1n) is 7.27. The summed E-state index contributed by atoms with van der Waals surface area (Å²) < 4.78 is 4.90. The van der Waals surface area contributed by atoms with Crippen LogP contribution in [0.25, 0.3) is 0 Å². The minimum Gasteiger partial charge on any atom is -0.480 e. The van der Waals surface area contributed by atoms with Crippen molar-refractivity contribution < 1.29 is 19.4 Å². The van der Waals surface area contributed by atoms with Crippen LogP contribution in [0.1, 0.15) is 30.9 Å². The van der Waals surface area contributed by atoms with E-state index in [9.17, 15) is 9.59 Å². The summed E-state index contributed by atoms with van der Waals surface area (Å²) in [6.45, 7) is 2.06. The van der Waals surface area contributed by atoms with E-state index in [-0.39, 0.29) is 18.6 Å². The molecule has 5 heteroatoms. The van der Waals surface area contributed by atoms with Crippen LogP contribution in [0, 0.1) is 0 Å². The van der Waals surface area contributed by atoms with Gasteiger partial charge in [0.2, 0.25) is 5.91 Å². The molecule has 5 nitrogen and oxygen atoms in total. The van der Waals surface area contributed by atoms with Gasteiger partial charge in [0.05, 0.1) is 0 Å². The zero-order chi connectivity index (χ0) is 15.2. The second-order valence-electron chi connectivity index (χ2n) is 5.31. The van der Waals surface area contributed by atoms with E-state index < -0.39 is 12.6 Å². The van der Waals surface area contributed by atoms with E-state index in [0.717, 1.165) is 24.8 Å². The highest BCUT2D eigenvalue weighted by molar-refractivity contribution is 5.78. The second-order valence-corrected chi connectivity index (χ2v) is 5.31. The maximum absolute atomic E-state index is 12.1. The average Bonchev–Trinajstić information content (AvgIpc) is 3.29. The summed E-state index contributed by atoms with van der Waals surface area (Å²) in [5.74, 6) is -1.20. The molecule has 0 bridgehead atoms. The molecule has 21 heavy (non-hydrogen) atoms. The fourth-order valence-electron chi connectivity index (χ4n) is 2.19. The number of hydrogen-bond acceptors (Lipinski definition) is 3. The van der Waals surface area contributed by atoms with Gasteiger partial charge in [0.15, 0.2) is 0 Å². The third-order valence-electron chi connectivity index (χ3n) is 3.54. The van der Waals surface area contributed by atoms with E-state index in [1.807, 2.05) is 12.1 Å². The van der Waals surface area contributed by atoms with Crippen molar-refractivity contribution in [1.82, 2.24) is 4.90 Å². The number of amides is 1. The highest BCUT2D eigenvalue weighted by Gasteiger charge is 2.32. The molecule has 1 saturated carbocycles. The number of carbonyl (C=O) groups is 2. The van der Waals surface area contributed by atoms with Crippen molar-refractivity contribution in [3.05, 3.63) is 35.4 Å². The Balaban J connectivity index is 1.91. The Hall–Kier alpha value is -1.88. The Morgan fingerprint density at radius 3 is 2.33 bits per heavy atom. The molecular weight excluding hydrogens is 270 g/mol. The van der Waals surface area contributed by atoms with E-state index >= 15 is 0 Å². The molecule has 0 radical (unpaired) electrons. The van der Waals surface area contributed by atoms with Crippen molar-refractivity contribution in [2.75, 3.05) is 13.2 Å². The molecule has 0 aromatic heterocycles. The molecule has 0 spiro atoms. The van der Waals surface area contributed by atoms with E-state index in [2.05, 4.69) is 19.1 Å². The van der Waals surface area contributed by atoms with Gasteiger partial charge < -0.3 is 14.7 Å². The van der Waals surface area contributed by atoms with Gasteiger partial charge in [-0.2, -0.15) is 0 Å². The third-order valence-corrected chi connectivity index (χ3v) is 3.54. The fourth-order valence-corrected chi connectivity index (χ4v) is 2.19. The van der Waals surface area contributed by atoms with Gasteiger partial charge in [-0.25, -0.2) is 4.79 Å². The predicted molar refractivity (Wildman–Crippen MR) is 77.8 cm³/mol. The van der Waals surface area contributed by atoms with Crippen molar-refractivity contribution in [2.45, 2.75) is 38.8 Å². The number of ether oxygens (including phenoxy) is 1. The first-order valence-corrected chi connectivity index (χ1v) is 7.27. The second kappa shape index (κ2) is 7.22. The van der Waals surface area contributed by atoms with E-state index in [0.29, 0.717) is 6.54 Å². The lowest BCUT2D eigenvalue weighted by Crippen LogP contribution is -2.35. The van der Waals surface area contributed by atoms with Gasteiger partial charge in [0, 0.05) is 12.6 Å². The van der Waals surface area contributed by atoms with Gasteiger partial charge in [-0.3, -0.25) is 4.79 Å². The maximum Gasteiger partial charge on any atom is 0.329 e. The van der Waals surface area contributed by atoms with Crippen LogP contribution in [0.4, 0.5) is 0 Å². The highest BCUT2D eigenvalue weighted by Crippen LogP contribution is 2.28. The molecule has 1 fully saturated rings. The van der Waals surface area contributed by atoms with Gasteiger partial charge in [0.25, 0.3) is 0 Å². The van der Waals surface area contributed by atoms with Gasteiger partial charge in [-0.1, -0.05) is 31.2 Å². The zero-order valence-electron chi connectivity index (χ0n) is 12.2. The monoisotopic (exact) mass is 291 g/mol. The topological polar surface area (TPSA) is 66.8 Å². The fraction of sp³-hybridized carbons (Fsp3) is 0.500. The summed E-state index contributed by atoms with van der Waals surface area (Å²) in [5, 5.41) is 8.52. The Morgan fingerprint density at radius 2 is 1.81 bits per heavy atom. The molecule has 0 atom stereocenters. The van der Waals surface area contributed by atoms with Crippen molar-refractivity contribution in [2.24, 2.45) is 0 Å². The molecule has 2 rings (SSSR count). The van der Waals surface area contributed by atoms with Crippen LogP contribution >= 0.6 is 0 Å². The number of aryl methyl sites for hydroxylation is 1. The first kappa shape index (κ1) is 15.5. The molecule has 0 unspecified atom stereocenters. The normalized spacial score (nSPS) is 14.0. The number of rotatable bonds is 8. The minimum atomic E-state index is -1.06. The first-order chi connectivity index (χ1) is 10.1. The summed E-state index contributed by atoms with van der Waals surface area (Å²) in [7, 11) is 0. The molecule has 0 heterocycles. The Bertz CT molecular complexity index is 494. The molecule has 0 aliphatic heterocycles.